The van der Waals surface area contributed by atoms with Crippen LogP contribution >= 0.6 is 23.2 Å². The van der Waals surface area contributed by atoms with Crippen LogP contribution in [-0.2, 0) is 18.3 Å². The zero-order valence-electron chi connectivity index (χ0n) is 16.4. The highest BCUT2D eigenvalue weighted by atomic mass is 35.5. The zero-order chi connectivity index (χ0) is 23.3. The van der Waals surface area contributed by atoms with E-state index in [1.807, 2.05) is 0 Å². The Morgan fingerprint density at radius 2 is 2.00 bits per heavy atom. The summed E-state index contributed by atoms with van der Waals surface area (Å²) in [5, 5.41) is 6.72. The third-order valence-electron chi connectivity index (χ3n) is 4.92. The van der Waals surface area contributed by atoms with Gasteiger partial charge in [0.2, 0.25) is 0 Å². The molecule has 3 heterocycles. The minimum atomic E-state index is -4.60. The van der Waals surface area contributed by atoms with Crippen LogP contribution in [0.4, 0.5) is 18.9 Å². The van der Waals surface area contributed by atoms with Gasteiger partial charge in [-0.1, -0.05) is 35.3 Å². The number of hydrogen-bond acceptors (Lipinski definition) is 5. The standard InChI is InChI=1S/C20H15Cl2F3N6O/c1-19(9-31-14(17(26)29-19)7-15(30-31)20(23,24)25)10-3-2-4-12(5-10)28-18(32)16-13(22)6-11(21)8-27-16/h2-8H,9H2,1H3,(H2,26,29)(H,28,32)/t19-/m0/s1. The van der Waals surface area contributed by atoms with Gasteiger partial charge in [0.15, 0.2) is 5.69 Å². The maximum absolute atomic E-state index is 13.1. The number of rotatable bonds is 3. The van der Waals surface area contributed by atoms with Gasteiger partial charge in [0, 0.05) is 11.9 Å². The van der Waals surface area contributed by atoms with Crippen LogP contribution in [0, 0.1) is 0 Å². The van der Waals surface area contributed by atoms with Gasteiger partial charge >= 0.3 is 6.18 Å². The molecule has 1 aliphatic heterocycles. The van der Waals surface area contributed by atoms with E-state index in [0.717, 1.165) is 6.07 Å². The van der Waals surface area contributed by atoms with E-state index < -0.39 is 23.3 Å². The number of halogens is 5. The van der Waals surface area contributed by atoms with Gasteiger partial charge in [-0.2, -0.15) is 18.3 Å². The summed E-state index contributed by atoms with van der Waals surface area (Å²) < 4.78 is 40.4. The molecule has 1 atom stereocenters. The number of nitrogens with one attached hydrogen (secondary N) is 1. The summed E-state index contributed by atoms with van der Waals surface area (Å²) in [7, 11) is 0. The number of anilines is 1. The first-order valence-corrected chi connectivity index (χ1v) is 9.95. The molecule has 0 aliphatic carbocycles. The molecule has 1 aromatic carbocycles. The number of benzene rings is 1. The Bertz CT molecular complexity index is 1260. The van der Waals surface area contributed by atoms with E-state index in [1.54, 1.807) is 31.2 Å². The number of alkyl halides is 3. The van der Waals surface area contributed by atoms with E-state index >= 15 is 0 Å². The molecule has 2 aromatic heterocycles. The SMILES string of the molecule is C[C@@]1(c2cccc(NC(=O)c3ncc(Cl)cc3Cl)c2)Cn2nc(C(F)(F)F)cc2C(N)=N1. The fraction of sp³-hybridized carbons (Fsp3) is 0.200. The Labute approximate surface area is 190 Å². The first-order valence-electron chi connectivity index (χ1n) is 9.20. The van der Waals surface area contributed by atoms with Crippen LogP contribution in [0.2, 0.25) is 10.0 Å². The van der Waals surface area contributed by atoms with E-state index in [0.29, 0.717) is 16.3 Å². The number of nitrogens with zero attached hydrogens (tertiary/aromatic N) is 4. The second kappa shape index (κ2) is 7.79. The van der Waals surface area contributed by atoms with Crippen molar-refractivity contribution >= 4 is 40.6 Å². The van der Waals surface area contributed by atoms with Crippen molar-refractivity contribution in [3.05, 3.63) is 75.3 Å². The predicted molar refractivity (Wildman–Crippen MR) is 114 cm³/mol. The van der Waals surface area contributed by atoms with Crippen molar-refractivity contribution in [1.82, 2.24) is 14.8 Å². The van der Waals surface area contributed by atoms with E-state index in [9.17, 15) is 18.0 Å². The smallest absolute Gasteiger partial charge is 0.382 e. The Kier molecular flexibility index (Phi) is 5.38. The molecule has 0 saturated carbocycles. The lowest BCUT2D eigenvalue weighted by molar-refractivity contribution is -0.141. The Hall–Kier alpha value is -3.11. The second-order valence-corrected chi connectivity index (χ2v) is 8.20. The highest BCUT2D eigenvalue weighted by molar-refractivity contribution is 6.36. The molecular weight excluding hydrogens is 468 g/mol. The number of amidine groups is 1. The first-order chi connectivity index (χ1) is 15.0. The third kappa shape index (κ3) is 4.15. The number of aliphatic imine (C=N–C) groups is 1. The lowest BCUT2D eigenvalue weighted by atomic mass is 9.91. The predicted octanol–water partition coefficient (Wildman–Crippen LogP) is 4.49. The largest absolute Gasteiger partial charge is 0.435 e. The molecule has 0 saturated heterocycles. The topological polar surface area (TPSA) is 98.2 Å². The maximum Gasteiger partial charge on any atom is 0.435 e. The van der Waals surface area contributed by atoms with Crippen LogP contribution in [-0.4, -0.2) is 26.5 Å². The minimum Gasteiger partial charge on any atom is -0.382 e. The number of fused-ring (bicyclic) bond motifs is 1. The number of carbonyl (C=O) groups excluding carboxylic acids is 1. The lowest BCUT2D eigenvalue weighted by Gasteiger charge is -2.31. The zero-order valence-corrected chi connectivity index (χ0v) is 17.9. The summed E-state index contributed by atoms with van der Waals surface area (Å²) in [6.45, 7) is 1.75. The number of carbonyl (C=O) groups is 1. The molecule has 166 valence electrons. The van der Waals surface area contributed by atoms with Gasteiger partial charge in [0.1, 0.15) is 22.8 Å². The van der Waals surface area contributed by atoms with Crippen molar-refractivity contribution in [3.8, 4) is 0 Å². The molecule has 3 aromatic rings. The van der Waals surface area contributed by atoms with Gasteiger partial charge in [-0.15, -0.1) is 0 Å². The molecule has 12 heteroatoms. The van der Waals surface area contributed by atoms with E-state index in [2.05, 4.69) is 20.4 Å². The van der Waals surface area contributed by atoms with Gasteiger partial charge in [-0.05, 0) is 36.8 Å². The van der Waals surface area contributed by atoms with Crippen LogP contribution in [0.5, 0.6) is 0 Å². The summed E-state index contributed by atoms with van der Waals surface area (Å²) in [5.41, 5.74) is 5.03. The molecule has 0 bridgehead atoms. The molecule has 32 heavy (non-hydrogen) atoms. The van der Waals surface area contributed by atoms with Crippen LogP contribution < -0.4 is 11.1 Å². The van der Waals surface area contributed by atoms with Crippen molar-refractivity contribution < 1.29 is 18.0 Å². The summed E-state index contributed by atoms with van der Waals surface area (Å²) in [6.07, 6.45) is -3.29. The van der Waals surface area contributed by atoms with E-state index in [4.69, 9.17) is 28.9 Å². The van der Waals surface area contributed by atoms with E-state index in [-0.39, 0.29) is 28.8 Å². The Balaban J connectivity index is 1.62. The van der Waals surface area contributed by atoms with Crippen molar-refractivity contribution in [3.63, 3.8) is 0 Å². The molecule has 3 N–H and O–H groups in total. The molecule has 7 nitrogen and oxygen atoms in total. The molecular formula is C20H15Cl2F3N6O. The Morgan fingerprint density at radius 1 is 1.25 bits per heavy atom. The van der Waals surface area contributed by atoms with Gasteiger partial charge in [0.05, 0.1) is 16.6 Å². The van der Waals surface area contributed by atoms with Crippen molar-refractivity contribution in [2.45, 2.75) is 25.2 Å². The summed E-state index contributed by atoms with van der Waals surface area (Å²) in [4.78, 5) is 20.9. The summed E-state index contributed by atoms with van der Waals surface area (Å²) in [6, 6.07) is 8.98. The lowest BCUT2D eigenvalue weighted by Crippen LogP contribution is -2.37. The van der Waals surface area contributed by atoms with E-state index in [1.165, 1.54) is 16.9 Å². The highest BCUT2D eigenvalue weighted by Crippen LogP contribution is 2.35. The van der Waals surface area contributed by atoms with Crippen LogP contribution in [0.15, 0.2) is 47.6 Å². The van der Waals surface area contributed by atoms with Crippen LogP contribution in [0.1, 0.15) is 34.4 Å². The van der Waals surface area contributed by atoms with Crippen LogP contribution in [0.3, 0.4) is 0 Å². The quantitative estimate of drug-likeness (QED) is 0.574. The molecule has 0 unspecified atom stereocenters. The first kappa shape index (κ1) is 22.1. The molecule has 1 amide bonds. The highest BCUT2D eigenvalue weighted by Gasteiger charge is 2.39. The number of nitrogens with two attached hydrogens (primary N) is 1. The van der Waals surface area contributed by atoms with Gasteiger partial charge in [-0.25, -0.2) is 4.98 Å². The van der Waals surface area contributed by atoms with Crippen LogP contribution in [0.25, 0.3) is 0 Å². The molecule has 0 spiro atoms. The fourth-order valence-electron chi connectivity index (χ4n) is 3.39. The average molecular weight is 483 g/mol. The second-order valence-electron chi connectivity index (χ2n) is 7.36. The number of aromatic nitrogens is 3. The normalized spacial score (nSPS) is 18.1. The molecule has 1 aliphatic rings. The maximum atomic E-state index is 13.1. The summed E-state index contributed by atoms with van der Waals surface area (Å²) in [5.74, 6) is -0.613. The monoisotopic (exact) mass is 482 g/mol. The number of hydrogen-bond donors (Lipinski definition) is 2. The minimum absolute atomic E-state index is 0.00604. The van der Waals surface area contributed by atoms with Crippen molar-refractivity contribution in [2.24, 2.45) is 10.7 Å². The van der Waals surface area contributed by atoms with Gasteiger partial charge in [0.25, 0.3) is 5.91 Å². The van der Waals surface area contributed by atoms with Gasteiger partial charge in [-0.3, -0.25) is 14.5 Å². The number of amides is 1. The number of pyridine rings is 1. The fourth-order valence-corrected chi connectivity index (χ4v) is 3.86. The molecule has 0 radical (unpaired) electrons. The van der Waals surface area contributed by atoms with Gasteiger partial charge < -0.3 is 11.1 Å². The Morgan fingerprint density at radius 3 is 2.69 bits per heavy atom. The molecule has 4 rings (SSSR count). The van der Waals surface area contributed by atoms with Crippen molar-refractivity contribution in [2.75, 3.05) is 5.32 Å². The third-order valence-corrected chi connectivity index (χ3v) is 5.42. The average Bonchev–Trinajstić information content (AvgIpc) is 3.13. The van der Waals surface area contributed by atoms with Crippen molar-refractivity contribution in [1.29, 1.82) is 0 Å². The summed E-state index contributed by atoms with van der Waals surface area (Å²) >= 11 is 11.8. The molecule has 0 fully saturated rings.